The van der Waals surface area contributed by atoms with Crippen LogP contribution in [-0.4, -0.2) is 26.1 Å². The molecule has 1 saturated heterocycles. The molecule has 1 fully saturated rings. The summed E-state index contributed by atoms with van der Waals surface area (Å²) in [6, 6.07) is 3.83. The summed E-state index contributed by atoms with van der Waals surface area (Å²) in [7, 11) is 1.61. The summed E-state index contributed by atoms with van der Waals surface area (Å²) in [4.78, 5) is 12.3. The second-order valence-electron chi connectivity index (χ2n) is 5.03. The van der Waals surface area contributed by atoms with Crippen molar-refractivity contribution in [1.82, 2.24) is 5.32 Å². The van der Waals surface area contributed by atoms with Crippen molar-refractivity contribution in [3.05, 3.63) is 22.2 Å². The van der Waals surface area contributed by atoms with E-state index < -0.39 is 0 Å². The van der Waals surface area contributed by atoms with Gasteiger partial charge in [0.25, 0.3) is 0 Å². The first kappa shape index (κ1) is 14.3. The van der Waals surface area contributed by atoms with E-state index in [-0.39, 0.29) is 11.8 Å². The van der Waals surface area contributed by atoms with Gasteiger partial charge >= 0.3 is 0 Å². The fraction of sp³-hybridized carbons (Fsp3) is 0.500. The van der Waals surface area contributed by atoms with Crippen molar-refractivity contribution in [3.8, 4) is 5.75 Å². The van der Waals surface area contributed by atoms with Crippen LogP contribution in [0.1, 0.15) is 12.5 Å². The summed E-state index contributed by atoms with van der Waals surface area (Å²) in [6.07, 6.45) is 0. The molecule has 2 N–H and O–H groups in total. The van der Waals surface area contributed by atoms with Gasteiger partial charge in [0.15, 0.2) is 0 Å². The zero-order chi connectivity index (χ0) is 14.0. The number of amides is 1. The molecular formula is C14H19BrN2O2. The predicted molar refractivity (Wildman–Crippen MR) is 79.6 cm³/mol. The normalized spacial score (nSPS) is 22.3. The smallest absolute Gasteiger partial charge is 0.229 e. The highest BCUT2D eigenvalue weighted by Crippen LogP contribution is 2.33. The number of rotatable bonds is 3. The van der Waals surface area contributed by atoms with E-state index in [1.807, 2.05) is 19.1 Å². The minimum atomic E-state index is 0.0211. The third-order valence-electron chi connectivity index (χ3n) is 3.59. The molecule has 19 heavy (non-hydrogen) atoms. The van der Waals surface area contributed by atoms with E-state index >= 15 is 0 Å². The van der Waals surface area contributed by atoms with E-state index in [9.17, 15) is 4.79 Å². The van der Waals surface area contributed by atoms with Crippen molar-refractivity contribution in [1.29, 1.82) is 0 Å². The van der Waals surface area contributed by atoms with E-state index in [1.165, 1.54) is 0 Å². The molecule has 0 spiro atoms. The summed E-state index contributed by atoms with van der Waals surface area (Å²) in [5.41, 5.74) is 1.74. The molecular weight excluding hydrogens is 308 g/mol. The van der Waals surface area contributed by atoms with Crippen LogP contribution < -0.4 is 15.4 Å². The molecule has 0 bridgehead atoms. The first-order chi connectivity index (χ1) is 9.02. The molecule has 1 heterocycles. The molecule has 1 aliphatic heterocycles. The van der Waals surface area contributed by atoms with Crippen LogP contribution in [-0.2, 0) is 4.79 Å². The van der Waals surface area contributed by atoms with Crippen molar-refractivity contribution in [2.75, 3.05) is 25.5 Å². The Labute approximate surface area is 122 Å². The molecule has 5 heteroatoms. The molecule has 0 saturated carbocycles. The molecule has 0 radical (unpaired) electrons. The van der Waals surface area contributed by atoms with Crippen molar-refractivity contribution in [2.45, 2.75) is 13.8 Å². The molecule has 1 aliphatic rings. The topological polar surface area (TPSA) is 50.4 Å². The van der Waals surface area contributed by atoms with Crippen LogP contribution in [0.4, 0.5) is 5.69 Å². The van der Waals surface area contributed by atoms with Crippen molar-refractivity contribution in [3.63, 3.8) is 0 Å². The Balaban J connectivity index is 2.21. The Kier molecular flexibility index (Phi) is 4.47. The SMILES string of the molecule is COc1cc(Br)cc(C)c1NC(=O)C1CNCC1C. The van der Waals surface area contributed by atoms with Crippen LogP contribution >= 0.6 is 15.9 Å². The van der Waals surface area contributed by atoms with Gasteiger partial charge in [-0.05, 0) is 37.1 Å². The largest absolute Gasteiger partial charge is 0.495 e. The van der Waals surface area contributed by atoms with Crippen LogP contribution in [0.15, 0.2) is 16.6 Å². The van der Waals surface area contributed by atoms with Gasteiger partial charge in [0.2, 0.25) is 5.91 Å². The Morgan fingerprint density at radius 1 is 1.47 bits per heavy atom. The quantitative estimate of drug-likeness (QED) is 0.897. The molecule has 0 aromatic heterocycles. The molecule has 4 nitrogen and oxygen atoms in total. The van der Waals surface area contributed by atoms with Crippen molar-refractivity contribution >= 4 is 27.5 Å². The number of hydrogen-bond donors (Lipinski definition) is 2. The van der Waals surface area contributed by atoms with Gasteiger partial charge in [0.05, 0.1) is 18.7 Å². The molecule has 1 amide bonds. The Hall–Kier alpha value is -1.07. The molecule has 104 valence electrons. The third-order valence-corrected chi connectivity index (χ3v) is 4.04. The standard InChI is InChI=1S/C14H19BrN2O2/c1-8-4-10(15)5-12(19-3)13(8)17-14(18)11-7-16-6-9(11)2/h4-5,9,11,16H,6-7H2,1-3H3,(H,17,18). The average molecular weight is 327 g/mol. The predicted octanol–water partition coefficient (Wildman–Crippen LogP) is 2.56. The number of nitrogens with one attached hydrogen (secondary N) is 2. The average Bonchev–Trinajstić information content (AvgIpc) is 2.78. The molecule has 0 aliphatic carbocycles. The van der Waals surface area contributed by atoms with Gasteiger partial charge < -0.3 is 15.4 Å². The number of ether oxygens (including phenoxy) is 1. The number of carbonyl (C=O) groups is 1. The van der Waals surface area contributed by atoms with E-state index in [2.05, 4.69) is 33.5 Å². The number of benzene rings is 1. The van der Waals surface area contributed by atoms with Crippen molar-refractivity contribution < 1.29 is 9.53 Å². The number of carbonyl (C=O) groups excluding carboxylic acids is 1. The lowest BCUT2D eigenvalue weighted by atomic mass is 9.97. The summed E-state index contributed by atoms with van der Waals surface area (Å²) >= 11 is 3.43. The van der Waals surface area contributed by atoms with E-state index in [4.69, 9.17) is 4.74 Å². The Bertz CT molecular complexity index is 491. The summed E-state index contributed by atoms with van der Waals surface area (Å²) in [5.74, 6) is 1.12. The second kappa shape index (κ2) is 5.92. The van der Waals surface area contributed by atoms with Crippen LogP contribution in [0, 0.1) is 18.8 Å². The Morgan fingerprint density at radius 2 is 2.21 bits per heavy atom. The van der Waals surface area contributed by atoms with E-state index in [0.29, 0.717) is 11.7 Å². The number of methoxy groups -OCH3 is 1. The summed E-state index contributed by atoms with van der Waals surface area (Å²) in [5, 5.41) is 6.25. The Morgan fingerprint density at radius 3 is 2.79 bits per heavy atom. The van der Waals surface area contributed by atoms with E-state index in [1.54, 1.807) is 7.11 Å². The van der Waals surface area contributed by atoms with Gasteiger partial charge in [0, 0.05) is 11.0 Å². The zero-order valence-electron chi connectivity index (χ0n) is 11.4. The molecule has 2 atom stereocenters. The summed E-state index contributed by atoms with van der Waals surface area (Å²) < 4.78 is 6.28. The van der Waals surface area contributed by atoms with Gasteiger partial charge in [-0.3, -0.25) is 4.79 Å². The van der Waals surface area contributed by atoms with Gasteiger partial charge in [0.1, 0.15) is 5.75 Å². The molecule has 1 aromatic rings. The van der Waals surface area contributed by atoms with Crippen LogP contribution in [0.2, 0.25) is 0 Å². The van der Waals surface area contributed by atoms with Crippen LogP contribution in [0.3, 0.4) is 0 Å². The maximum absolute atomic E-state index is 12.3. The molecule has 2 unspecified atom stereocenters. The van der Waals surface area contributed by atoms with Gasteiger partial charge in [-0.15, -0.1) is 0 Å². The zero-order valence-corrected chi connectivity index (χ0v) is 13.0. The lowest BCUT2D eigenvalue weighted by Gasteiger charge is -2.18. The van der Waals surface area contributed by atoms with Crippen molar-refractivity contribution in [2.24, 2.45) is 11.8 Å². The number of halogens is 1. The maximum Gasteiger partial charge on any atom is 0.229 e. The minimum Gasteiger partial charge on any atom is -0.495 e. The first-order valence-electron chi connectivity index (χ1n) is 6.38. The minimum absolute atomic E-state index is 0.0211. The second-order valence-corrected chi connectivity index (χ2v) is 5.95. The first-order valence-corrected chi connectivity index (χ1v) is 7.18. The lowest BCUT2D eigenvalue weighted by Crippen LogP contribution is -2.28. The number of anilines is 1. The fourth-order valence-corrected chi connectivity index (χ4v) is 2.96. The fourth-order valence-electron chi connectivity index (χ4n) is 2.41. The monoisotopic (exact) mass is 326 g/mol. The highest BCUT2D eigenvalue weighted by atomic mass is 79.9. The number of hydrogen-bond acceptors (Lipinski definition) is 3. The summed E-state index contributed by atoms with van der Waals surface area (Å²) in [6.45, 7) is 5.69. The van der Waals surface area contributed by atoms with Gasteiger partial charge in [-0.1, -0.05) is 22.9 Å². The molecule has 1 aromatic carbocycles. The lowest BCUT2D eigenvalue weighted by molar-refractivity contribution is -0.120. The van der Waals surface area contributed by atoms with E-state index in [0.717, 1.165) is 28.8 Å². The van der Waals surface area contributed by atoms with Gasteiger partial charge in [-0.2, -0.15) is 0 Å². The highest BCUT2D eigenvalue weighted by molar-refractivity contribution is 9.10. The third kappa shape index (κ3) is 3.09. The van der Waals surface area contributed by atoms with Gasteiger partial charge in [-0.25, -0.2) is 0 Å². The number of aryl methyl sites for hydroxylation is 1. The highest BCUT2D eigenvalue weighted by Gasteiger charge is 2.30. The maximum atomic E-state index is 12.3. The van der Waals surface area contributed by atoms with Crippen LogP contribution in [0.25, 0.3) is 0 Å². The molecule has 2 rings (SSSR count). The van der Waals surface area contributed by atoms with Crippen LogP contribution in [0.5, 0.6) is 5.75 Å².